The fourth-order valence-corrected chi connectivity index (χ4v) is 10.5. The van der Waals surface area contributed by atoms with Crippen molar-refractivity contribution < 1.29 is 32.2 Å². The molecule has 2 fully saturated rings. The average molecular weight is 656 g/mol. The molecule has 220 valence electrons. The number of rotatable bonds is 6. The number of piperidine rings is 1. The number of aliphatic hydroxyl groups is 1. The lowest BCUT2D eigenvalue weighted by Crippen LogP contribution is -2.78. The molecular formula is C31H31BrN2O7S. The van der Waals surface area contributed by atoms with Gasteiger partial charge in [-0.2, -0.15) is 4.31 Å². The fraction of sp³-hybridized carbons (Fsp3) is 0.387. The first-order valence-corrected chi connectivity index (χ1v) is 16.2. The Bertz CT molecular complexity index is 1710. The van der Waals surface area contributed by atoms with Crippen molar-refractivity contribution >= 4 is 37.9 Å². The Kier molecular flexibility index (Phi) is 6.40. The lowest BCUT2D eigenvalue weighted by Gasteiger charge is -2.64. The van der Waals surface area contributed by atoms with E-state index >= 15 is 0 Å². The summed E-state index contributed by atoms with van der Waals surface area (Å²) in [6, 6.07) is 11.3. The van der Waals surface area contributed by atoms with Gasteiger partial charge in [0.05, 0.1) is 47.6 Å². The predicted octanol–water partition coefficient (Wildman–Crippen LogP) is 4.13. The first-order valence-electron chi connectivity index (χ1n) is 14.0. The highest BCUT2D eigenvalue weighted by Gasteiger charge is 2.74. The number of benzene rings is 2. The van der Waals surface area contributed by atoms with Gasteiger partial charge in [0, 0.05) is 35.3 Å². The van der Waals surface area contributed by atoms with Crippen LogP contribution >= 0.6 is 15.9 Å². The molecule has 0 radical (unpaired) electrons. The molecule has 7 rings (SSSR count). The number of amides is 1. The van der Waals surface area contributed by atoms with Gasteiger partial charge in [-0.25, -0.2) is 8.42 Å². The Hall–Kier alpha value is -3.12. The van der Waals surface area contributed by atoms with E-state index in [4.69, 9.17) is 13.9 Å². The van der Waals surface area contributed by atoms with E-state index in [1.165, 1.54) is 10.4 Å². The molecule has 1 aromatic heterocycles. The van der Waals surface area contributed by atoms with Crippen molar-refractivity contribution in [3.05, 3.63) is 82.2 Å². The Labute approximate surface area is 252 Å². The number of carbonyl (C=O) groups excluding carboxylic acids is 1. The monoisotopic (exact) mass is 654 g/mol. The highest BCUT2D eigenvalue weighted by molar-refractivity contribution is 9.10. The molecule has 1 spiro atoms. The molecule has 4 aliphatic rings. The van der Waals surface area contributed by atoms with Crippen molar-refractivity contribution in [1.29, 1.82) is 0 Å². The van der Waals surface area contributed by atoms with Gasteiger partial charge < -0.3 is 23.9 Å². The van der Waals surface area contributed by atoms with Crippen LogP contribution in [0.5, 0.6) is 11.5 Å². The van der Waals surface area contributed by atoms with E-state index in [0.29, 0.717) is 41.7 Å². The Morgan fingerprint density at radius 3 is 2.76 bits per heavy atom. The molecule has 1 N–H and O–H groups in total. The summed E-state index contributed by atoms with van der Waals surface area (Å²) < 4.78 is 47.8. The van der Waals surface area contributed by atoms with Crippen LogP contribution in [0.1, 0.15) is 36.0 Å². The summed E-state index contributed by atoms with van der Waals surface area (Å²) in [5, 5.41) is 12.8. The second-order valence-electron chi connectivity index (χ2n) is 11.5. The van der Waals surface area contributed by atoms with Crippen LogP contribution in [-0.2, 0) is 26.7 Å². The Balaban J connectivity index is 1.32. The largest absolute Gasteiger partial charge is 0.493 e. The Morgan fingerprint density at radius 1 is 1.21 bits per heavy atom. The molecular weight excluding hydrogens is 624 g/mol. The molecule has 3 heterocycles. The zero-order valence-corrected chi connectivity index (χ0v) is 25.6. The van der Waals surface area contributed by atoms with Gasteiger partial charge in [-0.1, -0.05) is 18.2 Å². The number of ether oxygens (including phenoxy) is 2. The van der Waals surface area contributed by atoms with Crippen molar-refractivity contribution in [2.75, 3.05) is 20.7 Å². The quantitative estimate of drug-likeness (QED) is 0.398. The maximum Gasteiger partial charge on any atom is 0.246 e. The molecule has 1 unspecified atom stereocenters. The number of halogens is 1. The van der Waals surface area contributed by atoms with Crippen molar-refractivity contribution in [1.82, 2.24) is 9.21 Å². The predicted molar refractivity (Wildman–Crippen MR) is 158 cm³/mol. The van der Waals surface area contributed by atoms with Gasteiger partial charge in [0.2, 0.25) is 15.9 Å². The lowest BCUT2D eigenvalue weighted by molar-refractivity contribution is -0.186. The molecule has 2 bridgehead atoms. The molecule has 3 aromatic rings. The van der Waals surface area contributed by atoms with Crippen LogP contribution in [-0.4, -0.2) is 73.1 Å². The summed E-state index contributed by atoms with van der Waals surface area (Å²) in [6.07, 6.45) is 7.16. The molecule has 2 aliphatic carbocycles. The number of likely N-dealkylation sites (N-methyl/N-ethyl adjacent to an activating group) is 1. The minimum Gasteiger partial charge on any atom is -0.493 e. The van der Waals surface area contributed by atoms with E-state index in [0.717, 1.165) is 16.7 Å². The highest BCUT2D eigenvalue weighted by Crippen LogP contribution is 2.66. The van der Waals surface area contributed by atoms with E-state index in [9.17, 15) is 18.3 Å². The van der Waals surface area contributed by atoms with Crippen LogP contribution in [0.2, 0.25) is 0 Å². The third kappa shape index (κ3) is 3.66. The van der Waals surface area contributed by atoms with E-state index in [-0.39, 0.29) is 23.4 Å². The highest BCUT2D eigenvalue weighted by atomic mass is 79.9. The minimum absolute atomic E-state index is 0.174. The van der Waals surface area contributed by atoms with Crippen molar-refractivity contribution in [3.63, 3.8) is 0 Å². The third-order valence-electron chi connectivity index (χ3n) is 9.82. The summed E-state index contributed by atoms with van der Waals surface area (Å²) in [7, 11) is -0.606. The van der Waals surface area contributed by atoms with Gasteiger partial charge in [0.25, 0.3) is 0 Å². The summed E-state index contributed by atoms with van der Waals surface area (Å²) in [4.78, 5) is 15.2. The molecule has 5 atom stereocenters. The van der Waals surface area contributed by atoms with Gasteiger partial charge in [0.15, 0.2) is 11.5 Å². The number of hydrogen-bond donors (Lipinski definition) is 1. The van der Waals surface area contributed by atoms with Crippen LogP contribution in [0.15, 0.2) is 74.9 Å². The smallest absolute Gasteiger partial charge is 0.246 e. The number of carbonyl (C=O) groups is 1. The van der Waals surface area contributed by atoms with Crippen molar-refractivity contribution in [3.8, 4) is 11.5 Å². The van der Waals surface area contributed by atoms with Crippen LogP contribution in [0, 0.1) is 0 Å². The molecule has 11 heteroatoms. The number of hydrogen-bond acceptors (Lipinski definition) is 7. The summed E-state index contributed by atoms with van der Waals surface area (Å²) in [5.74, 6) is 0.950. The zero-order chi connectivity index (χ0) is 29.4. The number of furan rings is 1. The first kappa shape index (κ1) is 27.7. The topological polar surface area (TPSA) is 110 Å². The van der Waals surface area contributed by atoms with Crippen LogP contribution in [0.25, 0.3) is 6.08 Å². The normalized spacial score (nSPS) is 29.7. The van der Waals surface area contributed by atoms with E-state index < -0.39 is 33.2 Å². The van der Waals surface area contributed by atoms with Gasteiger partial charge in [-0.05, 0) is 77.5 Å². The van der Waals surface area contributed by atoms with E-state index in [2.05, 4.69) is 15.9 Å². The summed E-state index contributed by atoms with van der Waals surface area (Å²) in [5.41, 5.74) is 0.274. The zero-order valence-electron chi connectivity index (χ0n) is 23.2. The minimum atomic E-state index is -3.94. The third-order valence-corrected chi connectivity index (χ3v) is 12.7. The maximum absolute atomic E-state index is 14.1. The molecule has 2 aliphatic heterocycles. The van der Waals surface area contributed by atoms with Crippen molar-refractivity contribution in [2.45, 2.75) is 59.8 Å². The Morgan fingerprint density at radius 2 is 2.02 bits per heavy atom. The molecule has 9 nitrogen and oxygen atoms in total. The van der Waals surface area contributed by atoms with Crippen LogP contribution in [0.3, 0.4) is 0 Å². The summed E-state index contributed by atoms with van der Waals surface area (Å²) in [6.45, 7) is 0.206. The molecule has 2 aromatic carbocycles. The van der Waals surface area contributed by atoms with Crippen LogP contribution in [0.4, 0.5) is 0 Å². The fourth-order valence-electron chi connectivity index (χ4n) is 7.91. The van der Waals surface area contributed by atoms with Crippen LogP contribution < -0.4 is 9.47 Å². The second kappa shape index (κ2) is 9.70. The summed E-state index contributed by atoms with van der Waals surface area (Å²) >= 11 is 3.42. The molecule has 1 saturated heterocycles. The first-order chi connectivity index (χ1) is 20.1. The van der Waals surface area contributed by atoms with E-state index in [1.54, 1.807) is 68.0 Å². The van der Waals surface area contributed by atoms with Gasteiger partial charge in [-0.3, -0.25) is 4.79 Å². The number of sulfonamides is 1. The lowest BCUT2D eigenvalue weighted by atomic mass is 9.48. The molecule has 1 amide bonds. The standard InChI is InChI=1S/C31H31BrN2O7S/c1-33(26(35)10-7-19-12-16-40-18-19)22-11-13-31(36)25-17-20-8-9-23(39-2)28-27(20)30(31,29(22)41-28)14-15-34(25)42(37,38)24-6-4-3-5-21(24)32/h3-10,12,16,18,22,25,29,36H,11,13-15,17H2,1-2H3/b10-7-/t22-,25-,29+,30?,31-/m1/s1. The number of methoxy groups -OCH3 is 1. The van der Waals surface area contributed by atoms with Crippen molar-refractivity contribution in [2.24, 2.45) is 0 Å². The second-order valence-corrected chi connectivity index (χ2v) is 14.2. The number of nitrogens with zero attached hydrogens (tertiary/aromatic N) is 2. The van der Waals surface area contributed by atoms with Gasteiger partial charge >= 0.3 is 0 Å². The molecule has 42 heavy (non-hydrogen) atoms. The molecule has 1 saturated carbocycles. The van der Waals surface area contributed by atoms with Gasteiger partial charge in [-0.15, -0.1) is 0 Å². The van der Waals surface area contributed by atoms with E-state index in [1.807, 2.05) is 12.1 Å². The SMILES string of the molecule is COc1ccc2c3c1O[C@H]1[C@H](N(C)C(=O)/C=C\c4ccoc4)CC[C@@]4(O)[C@@H](C2)N(S(=O)(=O)c2ccccc2Br)CCC314. The van der Waals surface area contributed by atoms with Gasteiger partial charge in [0.1, 0.15) is 6.10 Å². The average Bonchev–Trinajstić information content (AvgIpc) is 3.61. The maximum atomic E-state index is 14.1.